The Morgan fingerprint density at radius 1 is 1.18 bits per heavy atom. The van der Waals surface area contributed by atoms with Crippen LogP contribution in [0.15, 0.2) is 18.2 Å². The molecule has 0 saturated heterocycles. The molecule has 0 heterocycles. The minimum Gasteiger partial charge on any atom is -0.478 e. The second-order valence-corrected chi connectivity index (χ2v) is 3.00. The van der Waals surface area contributed by atoms with Crippen LogP contribution in [0.3, 0.4) is 0 Å². The number of carboxylic acids is 1. The van der Waals surface area contributed by atoms with Gasteiger partial charge in [0.05, 0.1) is 5.56 Å². The van der Waals surface area contributed by atoms with Gasteiger partial charge in [-0.1, -0.05) is 6.07 Å². The van der Waals surface area contributed by atoms with Gasteiger partial charge in [-0.2, -0.15) is 13.2 Å². The van der Waals surface area contributed by atoms with Crippen molar-refractivity contribution in [3.8, 4) is 0 Å². The van der Waals surface area contributed by atoms with Gasteiger partial charge in [0.15, 0.2) is 11.6 Å². The highest BCUT2D eigenvalue weighted by molar-refractivity contribution is 5.85. The number of aliphatic carboxylic acids is 1. The van der Waals surface area contributed by atoms with Crippen molar-refractivity contribution in [3.63, 3.8) is 0 Å². The second-order valence-electron chi connectivity index (χ2n) is 3.00. The molecule has 0 aromatic heterocycles. The Morgan fingerprint density at radius 3 is 2.24 bits per heavy atom. The average molecular weight is 252 g/mol. The lowest BCUT2D eigenvalue weighted by Crippen LogP contribution is -2.10. The normalized spacial score (nSPS) is 12.1. The minimum atomic E-state index is -5.00. The lowest BCUT2D eigenvalue weighted by atomic mass is 10.1. The number of benzene rings is 1. The molecule has 1 aromatic carbocycles. The molecule has 0 bridgehead atoms. The monoisotopic (exact) mass is 252 g/mol. The van der Waals surface area contributed by atoms with Crippen LogP contribution in [0.4, 0.5) is 22.0 Å². The van der Waals surface area contributed by atoms with Crippen LogP contribution in [-0.2, 0) is 11.0 Å². The van der Waals surface area contributed by atoms with Crippen molar-refractivity contribution in [3.05, 3.63) is 41.0 Å². The van der Waals surface area contributed by atoms with E-state index in [4.69, 9.17) is 5.11 Å². The fourth-order valence-electron chi connectivity index (χ4n) is 1.07. The van der Waals surface area contributed by atoms with Gasteiger partial charge in [0.2, 0.25) is 0 Å². The van der Waals surface area contributed by atoms with E-state index >= 15 is 0 Å². The van der Waals surface area contributed by atoms with Crippen LogP contribution in [0.25, 0.3) is 6.08 Å². The number of hydrogen-bond acceptors (Lipinski definition) is 1. The first kappa shape index (κ1) is 13.1. The third-order valence-corrected chi connectivity index (χ3v) is 1.82. The standard InChI is InChI=1S/C10H5F5O2/c11-8-5(2-4-7(16)17)1-3-6(9(8)12)10(13,14)15/h1-4H,(H,16,17). The zero-order valence-corrected chi connectivity index (χ0v) is 8.05. The maximum atomic E-state index is 13.1. The van der Waals surface area contributed by atoms with Crippen molar-refractivity contribution in [2.75, 3.05) is 0 Å². The van der Waals surface area contributed by atoms with E-state index in [1.807, 2.05) is 0 Å². The zero-order chi connectivity index (χ0) is 13.2. The quantitative estimate of drug-likeness (QED) is 0.648. The summed E-state index contributed by atoms with van der Waals surface area (Å²) in [7, 11) is 0. The zero-order valence-electron chi connectivity index (χ0n) is 8.05. The molecule has 2 nitrogen and oxygen atoms in total. The molecule has 0 unspecified atom stereocenters. The second kappa shape index (κ2) is 4.52. The summed E-state index contributed by atoms with van der Waals surface area (Å²) >= 11 is 0. The van der Waals surface area contributed by atoms with Gasteiger partial charge in [0, 0.05) is 11.6 Å². The minimum absolute atomic E-state index is 0.347. The Bertz CT molecular complexity index is 476. The van der Waals surface area contributed by atoms with E-state index < -0.39 is 34.9 Å². The summed E-state index contributed by atoms with van der Waals surface area (Å²) in [4.78, 5) is 10.1. The van der Waals surface area contributed by atoms with Crippen molar-refractivity contribution in [2.24, 2.45) is 0 Å². The van der Waals surface area contributed by atoms with Gasteiger partial charge in [0.25, 0.3) is 0 Å². The SMILES string of the molecule is O=C(O)C=Cc1ccc(C(F)(F)F)c(F)c1F. The van der Waals surface area contributed by atoms with Crippen LogP contribution < -0.4 is 0 Å². The van der Waals surface area contributed by atoms with E-state index in [1.165, 1.54) is 0 Å². The molecule has 92 valence electrons. The fraction of sp³-hybridized carbons (Fsp3) is 0.100. The Hall–Kier alpha value is -1.92. The molecule has 0 aliphatic heterocycles. The molecule has 7 heteroatoms. The molecule has 0 atom stereocenters. The molecule has 1 rings (SSSR count). The topological polar surface area (TPSA) is 37.3 Å². The van der Waals surface area contributed by atoms with Crippen molar-refractivity contribution in [2.45, 2.75) is 6.18 Å². The van der Waals surface area contributed by atoms with Crippen LogP contribution in [0.1, 0.15) is 11.1 Å². The van der Waals surface area contributed by atoms with Gasteiger partial charge in [-0.3, -0.25) is 0 Å². The fourth-order valence-corrected chi connectivity index (χ4v) is 1.07. The molecular weight excluding hydrogens is 247 g/mol. The Balaban J connectivity index is 3.25. The highest BCUT2D eigenvalue weighted by Crippen LogP contribution is 2.33. The molecule has 0 saturated carbocycles. The van der Waals surface area contributed by atoms with E-state index in [1.54, 1.807) is 0 Å². The average Bonchev–Trinajstić information content (AvgIpc) is 2.18. The molecule has 1 aromatic rings. The first-order valence-electron chi connectivity index (χ1n) is 4.19. The molecule has 0 spiro atoms. The largest absolute Gasteiger partial charge is 0.478 e. The van der Waals surface area contributed by atoms with Crippen molar-refractivity contribution in [1.82, 2.24) is 0 Å². The number of alkyl halides is 3. The third kappa shape index (κ3) is 3.02. The molecule has 0 amide bonds. The van der Waals surface area contributed by atoms with E-state index in [9.17, 15) is 26.7 Å². The van der Waals surface area contributed by atoms with E-state index in [-0.39, 0.29) is 0 Å². The molecular formula is C10H5F5O2. The van der Waals surface area contributed by atoms with Crippen LogP contribution in [0.2, 0.25) is 0 Å². The number of hydrogen-bond donors (Lipinski definition) is 1. The third-order valence-electron chi connectivity index (χ3n) is 1.82. The van der Waals surface area contributed by atoms with Gasteiger partial charge in [-0.05, 0) is 12.1 Å². The Labute approximate surface area is 92.0 Å². The number of rotatable bonds is 2. The summed E-state index contributed by atoms with van der Waals surface area (Å²) < 4.78 is 62.6. The van der Waals surface area contributed by atoms with E-state index in [0.29, 0.717) is 24.3 Å². The van der Waals surface area contributed by atoms with Gasteiger partial charge < -0.3 is 5.11 Å². The van der Waals surface area contributed by atoms with E-state index in [0.717, 1.165) is 0 Å². The molecule has 0 aliphatic carbocycles. The summed E-state index contributed by atoms with van der Waals surface area (Å²) in [5, 5.41) is 8.24. The maximum absolute atomic E-state index is 13.1. The smallest absolute Gasteiger partial charge is 0.419 e. The highest BCUT2D eigenvalue weighted by atomic mass is 19.4. The number of halogens is 5. The van der Waals surface area contributed by atoms with Crippen LogP contribution >= 0.6 is 0 Å². The summed E-state index contributed by atoms with van der Waals surface area (Å²) in [6, 6.07) is 1.00. The Morgan fingerprint density at radius 2 is 1.76 bits per heavy atom. The van der Waals surface area contributed by atoms with Gasteiger partial charge in [-0.25, -0.2) is 13.6 Å². The van der Waals surface area contributed by atoms with Crippen LogP contribution in [0.5, 0.6) is 0 Å². The predicted octanol–water partition coefficient (Wildman–Crippen LogP) is 3.08. The summed E-state index contributed by atoms with van der Waals surface area (Å²) in [6.07, 6.45) is -3.84. The summed E-state index contributed by atoms with van der Waals surface area (Å²) in [5.74, 6) is -5.22. The highest BCUT2D eigenvalue weighted by Gasteiger charge is 2.35. The molecule has 1 N–H and O–H groups in total. The lowest BCUT2D eigenvalue weighted by molar-refractivity contribution is -0.140. The lowest BCUT2D eigenvalue weighted by Gasteiger charge is -2.09. The van der Waals surface area contributed by atoms with Crippen molar-refractivity contribution < 1.29 is 31.9 Å². The number of carbonyl (C=O) groups is 1. The summed E-state index contributed by atoms with van der Waals surface area (Å²) in [5.41, 5.74) is -2.31. The first-order chi connectivity index (χ1) is 7.73. The molecule has 0 radical (unpaired) electrons. The molecule has 17 heavy (non-hydrogen) atoms. The van der Waals surface area contributed by atoms with Crippen LogP contribution in [-0.4, -0.2) is 11.1 Å². The van der Waals surface area contributed by atoms with Crippen molar-refractivity contribution >= 4 is 12.0 Å². The van der Waals surface area contributed by atoms with Crippen LogP contribution in [0, 0.1) is 11.6 Å². The predicted molar refractivity (Wildman–Crippen MR) is 48.0 cm³/mol. The van der Waals surface area contributed by atoms with Crippen molar-refractivity contribution in [1.29, 1.82) is 0 Å². The number of carboxylic acid groups (broad SMARTS) is 1. The maximum Gasteiger partial charge on any atom is 0.419 e. The molecule has 0 aliphatic rings. The van der Waals surface area contributed by atoms with Gasteiger partial charge in [-0.15, -0.1) is 0 Å². The first-order valence-corrected chi connectivity index (χ1v) is 4.19. The Kier molecular flexibility index (Phi) is 3.50. The van der Waals surface area contributed by atoms with Gasteiger partial charge in [0.1, 0.15) is 0 Å². The van der Waals surface area contributed by atoms with Gasteiger partial charge >= 0.3 is 12.1 Å². The molecule has 0 fully saturated rings. The van der Waals surface area contributed by atoms with E-state index in [2.05, 4.69) is 0 Å². The summed E-state index contributed by atoms with van der Waals surface area (Å²) in [6.45, 7) is 0.